The number of carbonyl (C=O) groups excluding carboxylic acids is 1. The van der Waals surface area contributed by atoms with Crippen LogP contribution in [-0.4, -0.2) is 52.7 Å². The van der Waals surface area contributed by atoms with Crippen molar-refractivity contribution < 1.29 is 9.90 Å². The maximum atomic E-state index is 13.3. The van der Waals surface area contributed by atoms with Gasteiger partial charge in [0.05, 0.1) is 21.6 Å². The smallest absolute Gasteiger partial charge is 0.230 e. The number of likely N-dealkylation sites (tertiary alicyclic amines) is 1. The van der Waals surface area contributed by atoms with Gasteiger partial charge < -0.3 is 14.9 Å². The van der Waals surface area contributed by atoms with E-state index in [0.29, 0.717) is 16.6 Å². The van der Waals surface area contributed by atoms with Crippen LogP contribution < -0.4 is 4.90 Å². The number of carbonyl (C=O) groups is 1. The van der Waals surface area contributed by atoms with Gasteiger partial charge in [-0.3, -0.25) is 4.79 Å². The van der Waals surface area contributed by atoms with Crippen molar-refractivity contribution in [2.24, 2.45) is 5.41 Å². The fourth-order valence-corrected chi connectivity index (χ4v) is 5.40. The number of nitrogens with zero attached hydrogens (tertiary/aromatic N) is 3. The molecule has 0 bridgehead atoms. The Morgan fingerprint density at radius 2 is 1.92 bits per heavy atom. The predicted molar refractivity (Wildman–Crippen MR) is 103 cm³/mol. The van der Waals surface area contributed by atoms with E-state index in [-0.39, 0.29) is 23.5 Å². The summed E-state index contributed by atoms with van der Waals surface area (Å²) >= 11 is 12.3. The van der Waals surface area contributed by atoms with Crippen LogP contribution in [0.25, 0.3) is 0 Å². The van der Waals surface area contributed by atoms with Gasteiger partial charge in [0.1, 0.15) is 5.82 Å². The van der Waals surface area contributed by atoms with E-state index in [1.165, 1.54) is 0 Å². The van der Waals surface area contributed by atoms with Gasteiger partial charge in [-0.1, -0.05) is 23.2 Å². The average Bonchev–Trinajstić information content (AvgIpc) is 2.92. The molecular weight excluding hydrogens is 373 g/mol. The maximum absolute atomic E-state index is 13.3. The number of aliphatic hydroxyl groups excluding tert-OH is 1. The standard InChI is InChI=1S/C19H25Cl2N3O2/c20-13-10-16(21)17(22-11-13)23-8-1-6-19(12-23)7-9-24(18(19)26)14-2-4-15(25)5-3-14/h10-11,14-15,25H,1-9,12H2/t14?,15?,19-/m1/s1. The van der Waals surface area contributed by atoms with Gasteiger partial charge in [-0.2, -0.15) is 0 Å². The molecule has 2 aliphatic heterocycles. The normalized spacial score (nSPS) is 32.5. The number of rotatable bonds is 2. The highest BCUT2D eigenvalue weighted by atomic mass is 35.5. The Hall–Kier alpha value is -1.04. The van der Waals surface area contributed by atoms with Crippen LogP contribution in [0.3, 0.4) is 0 Å². The maximum Gasteiger partial charge on any atom is 0.230 e. The molecule has 1 saturated carbocycles. The van der Waals surface area contributed by atoms with Gasteiger partial charge >= 0.3 is 0 Å². The van der Waals surface area contributed by atoms with E-state index in [2.05, 4.69) is 14.8 Å². The number of aliphatic hydroxyl groups is 1. The molecule has 0 radical (unpaired) electrons. The molecule has 0 unspecified atom stereocenters. The molecular formula is C19H25Cl2N3O2. The minimum Gasteiger partial charge on any atom is -0.393 e. The quantitative estimate of drug-likeness (QED) is 0.829. The van der Waals surface area contributed by atoms with Gasteiger partial charge in [-0.05, 0) is 51.0 Å². The molecule has 142 valence electrons. The minimum atomic E-state index is -0.320. The molecule has 1 N–H and O–H groups in total. The number of amides is 1. The number of anilines is 1. The van der Waals surface area contributed by atoms with Crippen LogP contribution in [0, 0.1) is 5.41 Å². The summed E-state index contributed by atoms with van der Waals surface area (Å²) in [4.78, 5) is 22.0. The van der Waals surface area contributed by atoms with Crippen LogP contribution in [0.5, 0.6) is 0 Å². The summed E-state index contributed by atoms with van der Waals surface area (Å²) < 4.78 is 0. The molecule has 3 aliphatic rings. The highest BCUT2D eigenvalue weighted by molar-refractivity contribution is 6.36. The van der Waals surface area contributed by atoms with E-state index in [1.54, 1.807) is 12.3 Å². The SMILES string of the molecule is O=C1N(C2CCC(O)CC2)CC[C@@]12CCCN(c1ncc(Cl)cc1Cl)C2. The number of aromatic nitrogens is 1. The Bertz CT molecular complexity index is 693. The van der Waals surface area contributed by atoms with Crippen LogP contribution in [-0.2, 0) is 4.79 Å². The Morgan fingerprint density at radius 3 is 2.65 bits per heavy atom. The Balaban J connectivity index is 1.50. The zero-order chi connectivity index (χ0) is 18.3. The van der Waals surface area contributed by atoms with Gasteiger partial charge in [0.15, 0.2) is 0 Å². The van der Waals surface area contributed by atoms with Crippen LogP contribution in [0.2, 0.25) is 10.0 Å². The summed E-state index contributed by atoms with van der Waals surface area (Å²) in [5, 5.41) is 10.8. The summed E-state index contributed by atoms with van der Waals surface area (Å²) in [6.07, 6.45) is 7.64. The summed E-state index contributed by atoms with van der Waals surface area (Å²) in [5.41, 5.74) is -0.320. The van der Waals surface area contributed by atoms with Gasteiger partial charge in [0.2, 0.25) is 5.91 Å². The fourth-order valence-electron chi connectivity index (χ4n) is 4.90. The first-order valence-electron chi connectivity index (χ1n) is 9.54. The lowest BCUT2D eigenvalue weighted by atomic mass is 9.78. The first-order chi connectivity index (χ1) is 12.5. The number of halogens is 2. The van der Waals surface area contributed by atoms with Crippen molar-refractivity contribution >= 4 is 34.9 Å². The fraction of sp³-hybridized carbons (Fsp3) is 0.684. The highest BCUT2D eigenvalue weighted by Crippen LogP contribution is 2.44. The molecule has 1 aromatic heterocycles. The molecule has 7 heteroatoms. The molecule has 1 amide bonds. The van der Waals surface area contributed by atoms with Crippen molar-refractivity contribution in [3.63, 3.8) is 0 Å². The molecule has 4 rings (SSSR count). The van der Waals surface area contributed by atoms with E-state index >= 15 is 0 Å². The third-order valence-corrected chi connectivity index (χ3v) is 6.80. The molecule has 1 aliphatic carbocycles. The molecule has 0 aromatic carbocycles. The van der Waals surface area contributed by atoms with Crippen molar-refractivity contribution in [1.29, 1.82) is 0 Å². The Labute approximate surface area is 164 Å². The van der Waals surface area contributed by atoms with Crippen LogP contribution in [0.4, 0.5) is 5.82 Å². The van der Waals surface area contributed by atoms with Crippen molar-refractivity contribution in [3.8, 4) is 0 Å². The molecule has 3 heterocycles. The zero-order valence-electron chi connectivity index (χ0n) is 14.8. The van der Waals surface area contributed by atoms with Crippen molar-refractivity contribution in [1.82, 2.24) is 9.88 Å². The molecule has 1 aromatic rings. The van der Waals surface area contributed by atoms with Crippen LogP contribution in [0.1, 0.15) is 44.9 Å². The topological polar surface area (TPSA) is 56.7 Å². The third kappa shape index (κ3) is 3.30. The van der Waals surface area contributed by atoms with Gasteiger partial charge in [-0.15, -0.1) is 0 Å². The van der Waals surface area contributed by atoms with E-state index in [1.807, 2.05) is 0 Å². The lowest BCUT2D eigenvalue weighted by molar-refractivity contribution is -0.139. The number of pyridine rings is 1. The molecule has 26 heavy (non-hydrogen) atoms. The van der Waals surface area contributed by atoms with E-state index < -0.39 is 0 Å². The van der Waals surface area contributed by atoms with Crippen LogP contribution >= 0.6 is 23.2 Å². The second-order valence-electron chi connectivity index (χ2n) is 7.98. The Morgan fingerprint density at radius 1 is 1.15 bits per heavy atom. The van der Waals surface area contributed by atoms with Crippen molar-refractivity contribution in [2.75, 3.05) is 24.5 Å². The first-order valence-corrected chi connectivity index (χ1v) is 10.3. The number of piperidine rings is 1. The molecule has 1 atom stereocenters. The Kier molecular flexibility index (Phi) is 5.06. The monoisotopic (exact) mass is 397 g/mol. The minimum absolute atomic E-state index is 0.193. The predicted octanol–water partition coefficient (Wildman–Crippen LogP) is 3.51. The van der Waals surface area contributed by atoms with Crippen molar-refractivity contribution in [3.05, 3.63) is 22.3 Å². The molecule has 5 nitrogen and oxygen atoms in total. The van der Waals surface area contributed by atoms with Crippen molar-refractivity contribution in [2.45, 2.75) is 57.1 Å². The second kappa shape index (κ2) is 7.17. The summed E-state index contributed by atoms with van der Waals surface area (Å²) in [7, 11) is 0. The molecule has 3 fully saturated rings. The summed E-state index contributed by atoms with van der Waals surface area (Å²) in [6.45, 7) is 2.36. The number of hydrogen-bond acceptors (Lipinski definition) is 4. The second-order valence-corrected chi connectivity index (χ2v) is 8.82. The van der Waals surface area contributed by atoms with Gasteiger partial charge in [0.25, 0.3) is 0 Å². The molecule has 1 spiro atoms. The van der Waals surface area contributed by atoms with Crippen LogP contribution in [0.15, 0.2) is 12.3 Å². The largest absolute Gasteiger partial charge is 0.393 e. The zero-order valence-corrected chi connectivity index (χ0v) is 16.3. The lowest BCUT2D eigenvalue weighted by Crippen LogP contribution is -2.50. The summed E-state index contributed by atoms with van der Waals surface area (Å²) in [6, 6.07) is 2.00. The van der Waals surface area contributed by atoms with Gasteiger partial charge in [-0.25, -0.2) is 4.98 Å². The van der Waals surface area contributed by atoms with E-state index in [0.717, 1.165) is 63.9 Å². The van der Waals surface area contributed by atoms with E-state index in [4.69, 9.17) is 23.2 Å². The first kappa shape index (κ1) is 18.3. The average molecular weight is 398 g/mol. The summed E-state index contributed by atoms with van der Waals surface area (Å²) in [5.74, 6) is 1.01. The van der Waals surface area contributed by atoms with E-state index in [9.17, 15) is 9.90 Å². The third-order valence-electron chi connectivity index (χ3n) is 6.32. The highest BCUT2D eigenvalue weighted by Gasteiger charge is 2.50. The number of hydrogen-bond donors (Lipinski definition) is 1. The lowest BCUT2D eigenvalue weighted by Gasteiger charge is -2.41. The van der Waals surface area contributed by atoms with Gasteiger partial charge in [0, 0.05) is 31.9 Å². The molecule has 2 saturated heterocycles.